The Labute approximate surface area is 224 Å². The number of carboxylic acid groups (broad SMARTS) is 3. The molecule has 3 rings (SSSR count). The highest BCUT2D eigenvalue weighted by Crippen LogP contribution is 2.14. The van der Waals surface area contributed by atoms with E-state index >= 15 is 0 Å². The Morgan fingerprint density at radius 2 is 1.36 bits per heavy atom. The monoisotopic (exact) mass is 544 g/mol. The molecule has 1 aromatic heterocycles. The molecule has 1 unspecified atom stereocenters. The minimum absolute atomic E-state index is 0.0293. The van der Waals surface area contributed by atoms with Crippen molar-refractivity contribution < 1.29 is 34.5 Å². The lowest BCUT2D eigenvalue weighted by atomic mass is 10.1. The fourth-order valence-electron chi connectivity index (χ4n) is 4.28. The minimum atomic E-state index is -1.10. The van der Waals surface area contributed by atoms with E-state index in [1.165, 1.54) is 6.33 Å². The van der Waals surface area contributed by atoms with Gasteiger partial charge in [-0.1, -0.05) is 24.3 Å². The number of aromatic nitrogens is 4. The first-order valence-corrected chi connectivity index (χ1v) is 12.4. The lowest BCUT2D eigenvalue weighted by molar-refractivity contribution is -0.144. The summed E-state index contributed by atoms with van der Waals surface area (Å²) >= 11 is 0. The predicted octanol–water partition coefficient (Wildman–Crippen LogP) is -1.13. The molecule has 2 heterocycles. The standard InChI is InChI=1S/C24H32N8O7/c33-20(25-13-17-1-3-18(4-2-17)23-28-26-16-27-29-23)6-5-19(24(38)39)32-11-9-30(14-21(34)35)7-8-31(10-12-32)15-22(36)37/h1-4,16,19H,5-15H2,(H,25,33)(H,34,35)(H,36,37)(H,38,39). The van der Waals surface area contributed by atoms with E-state index in [0.717, 1.165) is 11.1 Å². The number of carbonyl (C=O) groups is 4. The molecule has 0 bridgehead atoms. The van der Waals surface area contributed by atoms with Crippen molar-refractivity contribution in [2.24, 2.45) is 0 Å². The van der Waals surface area contributed by atoms with Crippen LogP contribution in [-0.4, -0.2) is 133 Å². The van der Waals surface area contributed by atoms with Crippen molar-refractivity contribution in [1.82, 2.24) is 40.4 Å². The maximum Gasteiger partial charge on any atom is 0.320 e. The summed E-state index contributed by atoms with van der Waals surface area (Å²) in [6.45, 7) is 1.63. The van der Waals surface area contributed by atoms with Gasteiger partial charge in [-0.25, -0.2) is 0 Å². The Morgan fingerprint density at radius 3 is 1.87 bits per heavy atom. The summed E-state index contributed by atoms with van der Waals surface area (Å²) in [6.07, 6.45) is 1.25. The number of carbonyl (C=O) groups excluding carboxylic acids is 1. The van der Waals surface area contributed by atoms with E-state index in [9.17, 15) is 34.5 Å². The van der Waals surface area contributed by atoms with E-state index in [1.54, 1.807) is 39.0 Å². The molecule has 210 valence electrons. The summed E-state index contributed by atoms with van der Waals surface area (Å²) in [7, 11) is 0. The molecule has 1 aliphatic rings. The number of carboxylic acids is 3. The van der Waals surface area contributed by atoms with Crippen molar-refractivity contribution in [3.63, 3.8) is 0 Å². The van der Waals surface area contributed by atoms with Crippen LogP contribution in [0.2, 0.25) is 0 Å². The second kappa shape index (κ2) is 14.8. The van der Waals surface area contributed by atoms with E-state index in [4.69, 9.17) is 0 Å². The SMILES string of the molecule is O=C(O)CN1CCN(CC(=O)O)CCN(C(CCC(=O)NCc2ccc(-c3nncnn3)cc2)C(=O)O)CC1. The summed E-state index contributed by atoms with van der Waals surface area (Å²) in [4.78, 5) is 52.2. The van der Waals surface area contributed by atoms with Crippen LogP contribution in [0.25, 0.3) is 11.4 Å². The average molecular weight is 545 g/mol. The number of nitrogens with zero attached hydrogens (tertiary/aromatic N) is 7. The maximum atomic E-state index is 12.5. The van der Waals surface area contributed by atoms with Crippen molar-refractivity contribution in [1.29, 1.82) is 0 Å². The summed E-state index contributed by atoms with van der Waals surface area (Å²) in [5.41, 5.74) is 1.55. The van der Waals surface area contributed by atoms with Crippen LogP contribution in [0.3, 0.4) is 0 Å². The lowest BCUT2D eigenvalue weighted by Crippen LogP contribution is -2.47. The van der Waals surface area contributed by atoms with Gasteiger partial charge in [0, 0.05) is 57.8 Å². The second-order valence-electron chi connectivity index (χ2n) is 9.11. The van der Waals surface area contributed by atoms with Crippen LogP contribution in [0.15, 0.2) is 30.6 Å². The molecule has 0 saturated carbocycles. The molecule has 1 aromatic carbocycles. The summed E-state index contributed by atoms with van der Waals surface area (Å²) in [6, 6.07) is 6.19. The second-order valence-corrected chi connectivity index (χ2v) is 9.11. The highest BCUT2D eigenvalue weighted by Gasteiger charge is 2.28. The van der Waals surface area contributed by atoms with Gasteiger partial charge in [0.2, 0.25) is 11.7 Å². The van der Waals surface area contributed by atoms with Gasteiger partial charge in [-0.2, -0.15) is 0 Å². The van der Waals surface area contributed by atoms with Gasteiger partial charge in [0.25, 0.3) is 0 Å². The molecule has 1 saturated heterocycles. The molecule has 1 fully saturated rings. The summed E-state index contributed by atoms with van der Waals surface area (Å²) in [5.74, 6) is -3.07. The normalized spacial score (nSPS) is 16.4. The molecule has 15 nitrogen and oxygen atoms in total. The summed E-state index contributed by atoms with van der Waals surface area (Å²) in [5, 5.41) is 46.3. The quantitative estimate of drug-likeness (QED) is 0.250. The fourth-order valence-corrected chi connectivity index (χ4v) is 4.28. The van der Waals surface area contributed by atoms with Crippen LogP contribution < -0.4 is 5.32 Å². The smallest absolute Gasteiger partial charge is 0.320 e. The Hall–Kier alpha value is -4.08. The maximum absolute atomic E-state index is 12.5. The number of benzene rings is 1. The van der Waals surface area contributed by atoms with Crippen LogP contribution in [0, 0.1) is 0 Å². The third-order valence-electron chi connectivity index (χ3n) is 6.34. The molecule has 4 N–H and O–H groups in total. The van der Waals surface area contributed by atoms with Gasteiger partial charge < -0.3 is 20.6 Å². The van der Waals surface area contributed by atoms with Gasteiger partial charge in [0.1, 0.15) is 6.04 Å². The first-order valence-electron chi connectivity index (χ1n) is 12.4. The third kappa shape index (κ3) is 9.96. The highest BCUT2D eigenvalue weighted by molar-refractivity contribution is 5.78. The minimum Gasteiger partial charge on any atom is -0.480 e. The molecule has 39 heavy (non-hydrogen) atoms. The number of amides is 1. The third-order valence-corrected chi connectivity index (χ3v) is 6.34. The Balaban J connectivity index is 1.56. The number of rotatable bonds is 12. The van der Waals surface area contributed by atoms with E-state index in [1.807, 2.05) is 0 Å². The van der Waals surface area contributed by atoms with E-state index < -0.39 is 23.9 Å². The highest BCUT2D eigenvalue weighted by atomic mass is 16.4. The molecule has 0 aliphatic carbocycles. The van der Waals surface area contributed by atoms with Crippen LogP contribution in [0.5, 0.6) is 0 Å². The lowest BCUT2D eigenvalue weighted by Gasteiger charge is -2.30. The van der Waals surface area contributed by atoms with Crippen LogP contribution in [-0.2, 0) is 25.7 Å². The van der Waals surface area contributed by atoms with E-state index in [2.05, 4.69) is 25.7 Å². The Bertz CT molecular complexity index is 1090. The number of hydrogen-bond donors (Lipinski definition) is 4. The number of nitrogens with one attached hydrogen (secondary N) is 1. The van der Waals surface area contributed by atoms with E-state index in [-0.39, 0.29) is 51.5 Å². The number of hydrogen-bond acceptors (Lipinski definition) is 11. The molecule has 0 spiro atoms. The molecule has 2 aromatic rings. The van der Waals surface area contributed by atoms with E-state index in [0.29, 0.717) is 32.0 Å². The topological polar surface area (TPSA) is 202 Å². The van der Waals surface area contributed by atoms with Crippen LogP contribution in [0.4, 0.5) is 0 Å². The van der Waals surface area contributed by atoms with Crippen LogP contribution in [0.1, 0.15) is 18.4 Å². The zero-order valence-electron chi connectivity index (χ0n) is 21.3. The van der Waals surface area contributed by atoms with Gasteiger partial charge in [-0.15, -0.1) is 20.4 Å². The predicted molar refractivity (Wildman–Crippen MR) is 135 cm³/mol. The van der Waals surface area contributed by atoms with Gasteiger partial charge in [-0.3, -0.25) is 33.9 Å². The van der Waals surface area contributed by atoms with Crippen molar-refractivity contribution in [3.8, 4) is 11.4 Å². The molecule has 0 radical (unpaired) electrons. The molecule has 15 heteroatoms. The van der Waals surface area contributed by atoms with Crippen molar-refractivity contribution >= 4 is 23.8 Å². The van der Waals surface area contributed by atoms with Crippen molar-refractivity contribution in [3.05, 3.63) is 36.2 Å². The zero-order valence-corrected chi connectivity index (χ0v) is 21.3. The first-order chi connectivity index (χ1) is 18.7. The number of aliphatic carboxylic acids is 3. The summed E-state index contributed by atoms with van der Waals surface area (Å²) < 4.78 is 0. The molecular weight excluding hydrogens is 512 g/mol. The van der Waals surface area contributed by atoms with Crippen molar-refractivity contribution in [2.45, 2.75) is 25.4 Å². The van der Waals surface area contributed by atoms with Gasteiger partial charge >= 0.3 is 17.9 Å². The van der Waals surface area contributed by atoms with Crippen LogP contribution >= 0.6 is 0 Å². The van der Waals surface area contributed by atoms with Gasteiger partial charge in [0.05, 0.1) is 13.1 Å². The first kappa shape index (κ1) is 29.5. The Kier molecular flexibility index (Phi) is 11.1. The van der Waals surface area contributed by atoms with Gasteiger partial charge in [0.15, 0.2) is 6.33 Å². The fraction of sp³-hybridized carbons (Fsp3) is 0.500. The van der Waals surface area contributed by atoms with Gasteiger partial charge in [-0.05, 0) is 12.0 Å². The molecule has 1 atom stereocenters. The molecular formula is C24H32N8O7. The zero-order chi connectivity index (χ0) is 28.2. The average Bonchev–Trinajstić information content (AvgIpc) is 2.99. The van der Waals surface area contributed by atoms with Crippen molar-refractivity contribution in [2.75, 3.05) is 52.4 Å². The Morgan fingerprint density at radius 1 is 0.821 bits per heavy atom. The molecule has 1 amide bonds. The largest absolute Gasteiger partial charge is 0.480 e. The molecule has 1 aliphatic heterocycles.